The van der Waals surface area contributed by atoms with Gasteiger partial charge in [0.2, 0.25) is 0 Å². The molecular formula is C19H36O2. The first-order valence-corrected chi connectivity index (χ1v) is 8.81. The van der Waals surface area contributed by atoms with E-state index in [-0.39, 0.29) is 5.97 Å². The van der Waals surface area contributed by atoms with Gasteiger partial charge < -0.3 is 4.74 Å². The maximum absolute atomic E-state index is 11.3. The van der Waals surface area contributed by atoms with Crippen molar-refractivity contribution in [3.63, 3.8) is 0 Å². The number of hydrogen-bond acceptors (Lipinski definition) is 2. The first kappa shape index (κ1) is 20.2. The lowest BCUT2D eigenvalue weighted by Gasteiger charge is -2.19. The minimum atomic E-state index is -0.262. The molecular weight excluding hydrogens is 260 g/mol. The fourth-order valence-electron chi connectivity index (χ4n) is 2.45. The predicted molar refractivity (Wildman–Crippen MR) is 91.3 cm³/mol. The molecule has 0 radical (unpaired) electrons. The van der Waals surface area contributed by atoms with Crippen molar-refractivity contribution in [2.75, 3.05) is 6.61 Å². The summed E-state index contributed by atoms with van der Waals surface area (Å²) >= 11 is 0. The summed E-state index contributed by atoms with van der Waals surface area (Å²) in [5.74, 6) is 1.06. The van der Waals surface area contributed by atoms with Crippen molar-refractivity contribution in [1.29, 1.82) is 0 Å². The highest BCUT2D eigenvalue weighted by Crippen LogP contribution is 2.22. The molecule has 0 N–H and O–H groups in total. The first-order chi connectivity index (χ1) is 9.99. The van der Waals surface area contributed by atoms with Crippen LogP contribution in [0.2, 0.25) is 0 Å². The van der Waals surface area contributed by atoms with Gasteiger partial charge in [-0.1, -0.05) is 78.7 Å². The van der Waals surface area contributed by atoms with Crippen molar-refractivity contribution in [1.82, 2.24) is 0 Å². The van der Waals surface area contributed by atoms with E-state index in [1.54, 1.807) is 6.92 Å². The molecule has 0 fully saturated rings. The summed E-state index contributed by atoms with van der Waals surface area (Å²) in [4.78, 5) is 11.3. The van der Waals surface area contributed by atoms with Gasteiger partial charge >= 0.3 is 5.97 Å². The monoisotopic (exact) mass is 296 g/mol. The van der Waals surface area contributed by atoms with E-state index in [0.717, 1.165) is 6.42 Å². The minimum Gasteiger partial charge on any atom is -0.462 e. The average Bonchev–Trinajstić information content (AvgIpc) is 2.45. The predicted octanol–water partition coefficient (Wildman–Crippen LogP) is 5.91. The highest BCUT2D eigenvalue weighted by Gasteiger charge is 2.13. The molecule has 0 aliphatic rings. The van der Waals surface area contributed by atoms with Gasteiger partial charge in [-0.3, -0.25) is 0 Å². The van der Waals surface area contributed by atoms with Crippen molar-refractivity contribution in [2.24, 2.45) is 11.8 Å². The van der Waals surface area contributed by atoms with E-state index in [9.17, 15) is 4.79 Å². The Morgan fingerprint density at radius 1 is 0.952 bits per heavy atom. The van der Waals surface area contributed by atoms with E-state index in [2.05, 4.69) is 27.4 Å². The standard InChI is InChI=1S/C19H36O2/c1-6-7-8-9-10-11-12-13-17(4)18(5)14-15-21-19(20)16(2)3/h17-18H,2,6-15H2,1,3-5H3. The normalized spacial score (nSPS) is 13.7. The Balaban J connectivity index is 3.55. The van der Waals surface area contributed by atoms with Crippen LogP contribution in [0.25, 0.3) is 0 Å². The molecule has 124 valence electrons. The Bertz CT molecular complexity index is 283. The summed E-state index contributed by atoms with van der Waals surface area (Å²) in [5, 5.41) is 0. The number of esters is 1. The molecule has 0 bridgehead atoms. The van der Waals surface area contributed by atoms with Crippen LogP contribution in [0.1, 0.15) is 85.5 Å². The minimum absolute atomic E-state index is 0.262. The summed E-state index contributed by atoms with van der Waals surface area (Å²) < 4.78 is 5.17. The lowest BCUT2D eigenvalue weighted by molar-refractivity contribution is -0.139. The third kappa shape index (κ3) is 11.5. The smallest absolute Gasteiger partial charge is 0.333 e. The number of carbonyl (C=O) groups is 1. The summed E-state index contributed by atoms with van der Waals surface area (Å²) in [6, 6.07) is 0. The number of ether oxygens (including phenoxy) is 1. The quantitative estimate of drug-likeness (QED) is 0.240. The molecule has 2 nitrogen and oxygen atoms in total. The van der Waals surface area contributed by atoms with Crippen LogP contribution < -0.4 is 0 Å². The van der Waals surface area contributed by atoms with E-state index in [1.165, 1.54) is 51.4 Å². The molecule has 2 heteroatoms. The van der Waals surface area contributed by atoms with Gasteiger partial charge in [0.15, 0.2) is 0 Å². The third-order valence-corrected chi connectivity index (χ3v) is 4.39. The molecule has 2 unspecified atom stereocenters. The second kappa shape index (κ2) is 12.9. The SMILES string of the molecule is C=C(C)C(=O)OCCC(C)C(C)CCCCCCCCC. The lowest BCUT2D eigenvalue weighted by Crippen LogP contribution is -2.13. The maximum atomic E-state index is 11.3. The van der Waals surface area contributed by atoms with Crippen molar-refractivity contribution in [3.8, 4) is 0 Å². The zero-order valence-electron chi connectivity index (χ0n) is 14.7. The van der Waals surface area contributed by atoms with Crippen LogP contribution in [0, 0.1) is 11.8 Å². The van der Waals surface area contributed by atoms with Gasteiger partial charge in [0.1, 0.15) is 0 Å². The number of rotatable bonds is 13. The Hall–Kier alpha value is -0.790. The topological polar surface area (TPSA) is 26.3 Å². The maximum Gasteiger partial charge on any atom is 0.333 e. The molecule has 0 aromatic carbocycles. The van der Waals surface area contributed by atoms with Crippen LogP contribution in [0.5, 0.6) is 0 Å². The van der Waals surface area contributed by atoms with Crippen molar-refractivity contribution >= 4 is 5.97 Å². The molecule has 21 heavy (non-hydrogen) atoms. The van der Waals surface area contributed by atoms with Gasteiger partial charge in [-0.15, -0.1) is 0 Å². The molecule has 0 rings (SSSR count). The van der Waals surface area contributed by atoms with E-state index < -0.39 is 0 Å². The molecule has 0 aromatic rings. The largest absolute Gasteiger partial charge is 0.462 e. The number of carbonyl (C=O) groups excluding carboxylic acids is 1. The zero-order valence-corrected chi connectivity index (χ0v) is 14.7. The zero-order chi connectivity index (χ0) is 16.1. The van der Waals surface area contributed by atoms with E-state index in [1.807, 2.05) is 0 Å². The van der Waals surface area contributed by atoms with E-state index in [0.29, 0.717) is 24.0 Å². The van der Waals surface area contributed by atoms with Crippen LogP contribution in [-0.2, 0) is 9.53 Å². The van der Waals surface area contributed by atoms with Crippen LogP contribution in [0.4, 0.5) is 0 Å². The van der Waals surface area contributed by atoms with Crippen molar-refractivity contribution in [3.05, 3.63) is 12.2 Å². The molecule has 0 amide bonds. The van der Waals surface area contributed by atoms with Crippen molar-refractivity contribution in [2.45, 2.75) is 85.5 Å². The second-order valence-electron chi connectivity index (χ2n) is 6.57. The van der Waals surface area contributed by atoms with E-state index >= 15 is 0 Å². The molecule has 0 spiro atoms. The lowest BCUT2D eigenvalue weighted by atomic mass is 9.88. The Morgan fingerprint density at radius 2 is 1.48 bits per heavy atom. The van der Waals surface area contributed by atoms with Gasteiger partial charge in [-0.05, 0) is 25.2 Å². The number of hydrogen-bond donors (Lipinski definition) is 0. The molecule has 0 heterocycles. The molecule has 2 atom stereocenters. The summed E-state index contributed by atoms with van der Waals surface area (Å²) in [6.45, 7) is 12.6. The summed E-state index contributed by atoms with van der Waals surface area (Å²) in [6.07, 6.45) is 11.8. The van der Waals surface area contributed by atoms with E-state index in [4.69, 9.17) is 4.74 Å². The Morgan fingerprint density at radius 3 is 2.05 bits per heavy atom. The van der Waals surface area contributed by atoms with Crippen LogP contribution in [0.15, 0.2) is 12.2 Å². The highest BCUT2D eigenvalue weighted by molar-refractivity contribution is 5.86. The molecule has 0 aliphatic heterocycles. The fraction of sp³-hybridized carbons (Fsp3) is 0.842. The Kier molecular flexibility index (Phi) is 12.4. The molecule has 0 saturated carbocycles. The van der Waals surface area contributed by atoms with Gasteiger partial charge in [0.05, 0.1) is 6.61 Å². The molecule has 0 aromatic heterocycles. The molecule has 0 saturated heterocycles. The van der Waals surface area contributed by atoms with Gasteiger partial charge in [0, 0.05) is 5.57 Å². The average molecular weight is 296 g/mol. The first-order valence-electron chi connectivity index (χ1n) is 8.81. The van der Waals surface area contributed by atoms with Gasteiger partial charge in [-0.2, -0.15) is 0 Å². The highest BCUT2D eigenvalue weighted by atomic mass is 16.5. The fourth-order valence-corrected chi connectivity index (χ4v) is 2.45. The van der Waals surface area contributed by atoms with Gasteiger partial charge in [0.25, 0.3) is 0 Å². The summed E-state index contributed by atoms with van der Waals surface area (Å²) in [5.41, 5.74) is 0.485. The van der Waals surface area contributed by atoms with Gasteiger partial charge in [-0.25, -0.2) is 4.79 Å². The second-order valence-corrected chi connectivity index (χ2v) is 6.57. The number of unbranched alkanes of at least 4 members (excludes halogenated alkanes) is 6. The van der Waals surface area contributed by atoms with Crippen LogP contribution in [0.3, 0.4) is 0 Å². The molecule has 0 aliphatic carbocycles. The third-order valence-electron chi connectivity index (χ3n) is 4.39. The van der Waals surface area contributed by atoms with Crippen LogP contribution >= 0.6 is 0 Å². The van der Waals surface area contributed by atoms with Crippen molar-refractivity contribution < 1.29 is 9.53 Å². The Labute approximate surface area is 132 Å². The van der Waals surface area contributed by atoms with Crippen LogP contribution in [-0.4, -0.2) is 12.6 Å². The summed E-state index contributed by atoms with van der Waals surface area (Å²) in [7, 11) is 0.